The zero-order valence-corrected chi connectivity index (χ0v) is 11.7. The summed E-state index contributed by atoms with van der Waals surface area (Å²) in [5.74, 6) is 0.223. The molecule has 5 heteroatoms. The molecule has 0 atom stereocenters. The fourth-order valence-corrected chi connectivity index (χ4v) is 2.77. The Hall–Kier alpha value is -1.26. The largest absolute Gasteiger partial charge is 0.493 e. The van der Waals surface area contributed by atoms with Crippen molar-refractivity contribution in [2.24, 2.45) is 0 Å². The van der Waals surface area contributed by atoms with Gasteiger partial charge in [-0.05, 0) is 25.0 Å². The maximum absolute atomic E-state index is 12.0. The number of methoxy groups -OCH3 is 1. The second-order valence-electron chi connectivity index (χ2n) is 4.98. The fraction of sp³-hybridized carbons (Fsp3) is 0.500. The summed E-state index contributed by atoms with van der Waals surface area (Å²) < 4.78 is 5.16. The van der Waals surface area contributed by atoms with E-state index in [1.807, 2.05) is 0 Å². The van der Waals surface area contributed by atoms with Crippen LogP contribution in [0.4, 0.5) is 5.69 Å². The summed E-state index contributed by atoms with van der Waals surface area (Å²) >= 11 is 5.98. The molecule has 0 bridgehead atoms. The van der Waals surface area contributed by atoms with Crippen molar-refractivity contribution >= 4 is 23.2 Å². The molecule has 0 aromatic heterocycles. The van der Waals surface area contributed by atoms with Crippen LogP contribution >= 0.6 is 11.6 Å². The molecule has 0 saturated heterocycles. The molecule has 1 aromatic rings. The van der Waals surface area contributed by atoms with Gasteiger partial charge in [0.05, 0.1) is 29.8 Å². The third-order valence-corrected chi connectivity index (χ3v) is 3.77. The number of nitrogens with one attached hydrogen (secondary N) is 1. The third kappa shape index (κ3) is 3.39. The van der Waals surface area contributed by atoms with Crippen LogP contribution in [0.2, 0.25) is 5.02 Å². The Bertz CT molecular complexity index is 470. The first kappa shape index (κ1) is 14.2. The average molecular weight is 284 g/mol. The molecular weight excluding hydrogens is 266 g/mol. The number of benzene rings is 1. The Balaban J connectivity index is 2.05. The SMILES string of the molecule is COc1c(Cl)cccc1NC(=O)CC1(O)CCCC1. The van der Waals surface area contributed by atoms with E-state index in [1.54, 1.807) is 18.2 Å². The Morgan fingerprint density at radius 3 is 2.79 bits per heavy atom. The van der Waals surface area contributed by atoms with Crippen molar-refractivity contribution in [3.63, 3.8) is 0 Å². The average Bonchev–Trinajstić information content (AvgIpc) is 2.75. The minimum Gasteiger partial charge on any atom is -0.493 e. The molecule has 0 heterocycles. The van der Waals surface area contributed by atoms with Gasteiger partial charge in [-0.25, -0.2) is 0 Å². The van der Waals surface area contributed by atoms with Gasteiger partial charge in [0.1, 0.15) is 0 Å². The van der Waals surface area contributed by atoms with Crippen LogP contribution in [0.3, 0.4) is 0 Å². The number of ether oxygens (including phenoxy) is 1. The van der Waals surface area contributed by atoms with E-state index >= 15 is 0 Å². The van der Waals surface area contributed by atoms with Crippen molar-refractivity contribution in [3.8, 4) is 5.75 Å². The molecule has 1 aliphatic carbocycles. The fourth-order valence-electron chi connectivity index (χ4n) is 2.52. The molecule has 2 rings (SSSR count). The molecule has 2 N–H and O–H groups in total. The number of para-hydroxylation sites is 1. The Morgan fingerprint density at radius 1 is 1.47 bits per heavy atom. The van der Waals surface area contributed by atoms with Gasteiger partial charge in [-0.1, -0.05) is 30.5 Å². The van der Waals surface area contributed by atoms with Crippen molar-refractivity contribution in [2.75, 3.05) is 12.4 Å². The topological polar surface area (TPSA) is 58.6 Å². The van der Waals surface area contributed by atoms with E-state index < -0.39 is 5.60 Å². The number of amides is 1. The molecule has 1 aromatic carbocycles. The summed E-state index contributed by atoms with van der Waals surface area (Å²) in [4.78, 5) is 12.0. The van der Waals surface area contributed by atoms with Crippen molar-refractivity contribution in [1.29, 1.82) is 0 Å². The predicted octanol–water partition coefficient (Wildman–Crippen LogP) is 2.98. The van der Waals surface area contributed by atoms with Crippen LogP contribution in [0.1, 0.15) is 32.1 Å². The van der Waals surface area contributed by atoms with Crippen LogP contribution in [0.25, 0.3) is 0 Å². The van der Waals surface area contributed by atoms with Crippen molar-refractivity contribution in [3.05, 3.63) is 23.2 Å². The van der Waals surface area contributed by atoms with Gasteiger partial charge in [0.2, 0.25) is 5.91 Å². The van der Waals surface area contributed by atoms with Crippen LogP contribution in [0, 0.1) is 0 Å². The van der Waals surface area contributed by atoms with Gasteiger partial charge in [0, 0.05) is 0 Å². The lowest BCUT2D eigenvalue weighted by molar-refractivity contribution is -0.120. The van der Waals surface area contributed by atoms with Gasteiger partial charge < -0.3 is 15.2 Å². The summed E-state index contributed by atoms with van der Waals surface area (Å²) in [6, 6.07) is 5.16. The number of carbonyl (C=O) groups excluding carboxylic acids is 1. The summed E-state index contributed by atoms with van der Waals surface area (Å²) in [6.45, 7) is 0. The Kier molecular flexibility index (Phi) is 4.32. The van der Waals surface area contributed by atoms with Crippen LogP contribution in [0.15, 0.2) is 18.2 Å². The van der Waals surface area contributed by atoms with Crippen LogP contribution in [-0.4, -0.2) is 23.7 Å². The number of halogens is 1. The molecule has 0 spiro atoms. The van der Waals surface area contributed by atoms with E-state index in [0.29, 0.717) is 29.3 Å². The highest BCUT2D eigenvalue weighted by Gasteiger charge is 2.33. The van der Waals surface area contributed by atoms with E-state index in [1.165, 1.54) is 7.11 Å². The van der Waals surface area contributed by atoms with Gasteiger partial charge in [0.25, 0.3) is 0 Å². The predicted molar refractivity (Wildman–Crippen MR) is 74.7 cm³/mol. The standard InChI is InChI=1S/C14H18ClNO3/c1-19-13-10(15)5-4-6-11(13)16-12(17)9-14(18)7-2-3-8-14/h4-6,18H,2-3,7-9H2,1H3,(H,16,17). The van der Waals surface area contributed by atoms with Gasteiger partial charge in [0.15, 0.2) is 5.75 Å². The summed E-state index contributed by atoms with van der Waals surface area (Å²) in [5, 5.41) is 13.4. The maximum atomic E-state index is 12.0. The van der Waals surface area contributed by atoms with Crippen molar-refractivity contribution in [1.82, 2.24) is 0 Å². The number of carbonyl (C=O) groups is 1. The summed E-state index contributed by atoms with van der Waals surface area (Å²) in [6.07, 6.45) is 3.44. The molecule has 19 heavy (non-hydrogen) atoms. The van der Waals surface area contributed by atoms with Gasteiger partial charge in [-0.15, -0.1) is 0 Å². The van der Waals surface area contributed by atoms with Gasteiger partial charge >= 0.3 is 0 Å². The smallest absolute Gasteiger partial charge is 0.227 e. The number of rotatable bonds is 4. The Morgan fingerprint density at radius 2 is 2.16 bits per heavy atom. The van der Waals surface area contributed by atoms with E-state index in [9.17, 15) is 9.90 Å². The zero-order chi connectivity index (χ0) is 13.9. The molecule has 4 nitrogen and oxygen atoms in total. The van der Waals surface area contributed by atoms with Crippen LogP contribution in [-0.2, 0) is 4.79 Å². The van der Waals surface area contributed by atoms with Gasteiger partial charge in [-0.3, -0.25) is 4.79 Å². The normalized spacial score (nSPS) is 17.2. The third-order valence-electron chi connectivity index (χ3n) is 3.47. The highest BCUT2D eigenvalue weighted by Crippen LogP contribution is 2.35. The Labute approximate surface area is 117 Å². The number of hydrogen-bond donors (Lipinski definition) is 2. The van der Waals surface area contributed by atoms with E-state index in [4.69, 9.17) is 16.3 Å². The number of aliphatic hydroxyl groups is 1. The van der Waals surface area contributed by atoms with Crippen LogP contribution < -0.4 is 10.1 Å². The lowest BCUT2D eigenvalue weighted by atomic mass is 9.97. The van der Waals surface area contributed by atoms with Crippen LogP contribution in [0.5, 0.6) is 5.75 Å². The van der Waals surface area contributed by atoms with Crippen molar-refractivity contribution in [2.45, 2.75) is 37.7 Å². The molecule has 0 unspecified atom stereocenters. The lowest BCUT2D eigenvalue weighted by Crippen LogP contribution is -2.30. The lowest BCUT2D eigenvalue weighted by Gasteiger charge is -2.21. The zero-order valence-electron chi connectivity index (χ0n) is 10.9. The highest BCUT2D eigenvalue weighted by molar-refractivity contribution is 6.32. The summed E-state index contributed by atoms with van der Waals surface area (Å²) in [5.41, 5.74) is -0.322. The minimum absolute atomic E-state index is 0.114. The second-order valence-corrected chi connectivity index (χ2v) is 5.38. The van der Waals surface area contributed by atoms with E-state index in [-0.39, 0.29) is 12.3 Å². The number of anilines is 1. The molecule has 0 radical (unpaired) electrons. The monoisotopic (exact) mass is 283 g/mol. The number of hydrogen-bond acceptors (Lipinski definition) is 3. The minimum atomic E-state index is -0.851. The maximum Gasteiger partial charge on any atom is 0.227 e. The van der Waals surface area contributed by atoms with E-state index in [2.05, 4.69) is 5.32 Å². The molecule has 1 saturated carbocycles. The summed E-state index contributed by atoms with van der Waals surface area (Å²) in [7, 11) is 1.50. The molecular formula is C14H18ClNO3. The molecule has 1 aliphatic rings. The first-order valence-electron chi connectivity index (χ1n) is 6.39. The first-order chi connectivity index (χ1) is 9.04. The molecule has 104 valence electrons. The first-order valence-corrected chi connectivity index (χ1v) is 6.77. The quantitative estimate of drug-likeness (QED) is 0.893. The molecule has 1 fully saturated rings. The van der Waals surface area contributed by atoms with E-state index in [0.717, 1.165) is 12.8 Å². The van der Waals surface area contributed by atoms with Crippen molar-refractivity contribution < 1.29 is 14.6 Å². The second kappa shape index (κ2) is 5.80. The highest BCUT2D eigenvalue weighted by atomic mass is 35.5. The molecule has 1 amide bonds. The molecule has 0 aliphatic heterocycles. The van der Waals surface area contributed by atoms with Gasteiger partial charge in [-0.2, -0.15) is 0 Å².